The van der Waals surface area contributed by atoms with Crippen molar-refractivity contribution in [3.05, 3.63) is 99.6 Å². The Morgan fingerprint density at radius 1 is 0.971 bits per heavy atom. The van der Waals surface area contributed by atoms with E-state index in [9.17, 15) is 23.3 Å². The highest BCUT2D eigenvalue weighted by molar-refractivity contribution is 7.89. The maximum Gasteiger partial charge on any atom is 0.312 e. The number of amides is 1. The lowest BCUT2D eigenvalue weighted by atomic mass is 9.99. The summed E-state index contributed by atoms with van der Waals surface area (Å²) in [5.41, 5.74) is 2.18. The molecule has 1 saturated heterocycles. The van der Waals surface area contributed by atoms with Gasteiger partial charge in [0.05, 0.1) is 16.9 Å². The highest BCUT2D eigenvalue weighted by atomic mass is 32.2. The van der Waals surface area contributed by atoms with Crippen molar-refractivity contribution in [1.29, 1.82) is 0 Å². The molecule has 0 radical (unpaired) electrons. The number of nitro benzene ring substituents is 1. The molecule has 0 atom stereocenters. The van der Waals surface area contributed by atoms with Crippen LogP contribution < -0.4 is 4.74 Å². The normalized spacial score (nSPS) is 14.5. The number of benzene rings is 3. The SMILES string of the molecule is COc1ccc(S(=O)(=O)N2CCN(C(=O)c3ccccc3Cc3ccccc3)CC2)cc1[N+](=O)[O-]. The molecule has 1 fully saturated rings. The Balaban J connectivity index is 1.48. The van der Waals surface area contributed by atoms with E-state index in [1.807, 2.05) is 48.5 Å². The number of hydrogen-bond donors (Lipinski definition) is 0. The zero-order chi connectivity index (χ0) is 25.0. The number of hydrogen-bond acceptors (Lipinski definition) is 6. The van der Waals surface area contributed by atoms with Crippen LogP contribution in [0.4, 0.5) is 5.69 Å². The number of methoxy groups -OCH3 is 1. The summed E-state index contributed by atoms with van der Waals surface area (Å²) in [5.74, 6) is -0.160. The number of ether oxygens (including phenoxy) is 1. The number of nitro groups is 1. The largest absolute Gasteiger partial charge is 0.490 e. The van der Waals surface area contributed by atoms with Crippen LogP contribution in [-0.4, -0.2) is 61.7 Å². The van der Waals surface area contributed by atoms with Gasteiger partial charge in [-0.1, -0.05) is 48.5 Å². The highest BCUT2D eigenvalue weighted by Crippen LogP contribution is 2.31. The van der Waals surface area contributed by atoms with Gasteiger partial charge >= 0.3 is 5.69 Å². The van der Waals surface area contributed by atoms with Crippen LogP contribution in [0, 0.1) is 10.1 Å². The smallest absolute Gasteiger partial charge is 0.312 e. The molecule has 0 bridgehead atoms. The van der Waals surface area contributed by atoms with Crippen molar-refractivity contribution in [2.75, 3.05) is 33.3 Å². The second-order valence-corrected chi connectivity index (χ2v) is 10.0. The average molecular weight is 496 g/mol. The maximum atomic E-state index is 13.3. The topological polar surface area (TPSA) is 110 Å². The summed E-state index contributed by atoms with van der Waals surface area (Å²) in [6.07, 6.45) is 0.618. The molecular weight excluding hydrogens is 470 g/mol. The zero-order valence-electron chi connectivity index (χ0n) is 19.2. The van der Waals surface area contributed by atoms with E-state index in [0.717, 1.165) is 17.2 Å². The molecule has 1 aliphatic rings. The molecule has 1 aliphatic heterocycles. The summed E-state index contributed by atoms with van der Waals surface area (Å²) in [4.78, 5) is 25.4. The number of carbonyl (C=O) groups excluding carboxylic acids is 1. The van der Waals surface area contributed by atoms with Crippen LogP contribution in [-0.2, 0) is 16.4 Å². The van der Waals surface area contributed by atoms with E-state index >= 15 is 0 Å². The molecular formula is C25H25N3O6S. The number of nitrogens with zero attached hydrogens (tertiary/aromatic N) is 3. The highest BCUT2D eigenvalue weighted by Gasteiger charge is 2.32. The van der Waals surface area contributed by atoms with E-state index in [0.29, 0.717) is 12.0 Å². The number of rotatable bonds is 7. The second kappa shape index (κ2) is 10.2. The summed E-state index contributed by atoms with van der Waals surface area (Å²) in [6.45, 7) is 0.621. The zero-order valence-corrected chi connectivity index (χ0v) is 20.0. The predicted octanol–water partition coefficient (Wildman–Crippen LogP) is 3.34. The lowest BCUT2D eigenvalue weighted by molar-refractivity contribution is -0.386. The molecule has 0 aromatic heterocycles. The van der Waals surface area contributed by atoms with Gasteiger partial charge in [0.25, 0.3) is 5.91 Å². The molecule has 0 spiro atoms. The first-order valence-corrected chi connectivity index (χ1v) is 12.5. The molecule has 3 aromatic rings. The second-order valence-electron chi connectivity index (χ2n) is 8.11. The van der Waals surface area contributed by atoms with Crippen molar-refractivity contribution in [2.45, 2.75) is 11.3 Å². The fourth-order valence-corrected chi connectivity index (χ4v) is 5.57. The molecule has 10 heteroatoms. The van der Waals surface area contributed by atoms with Crippen LogP contribution >= 0.6 is 0 Å². The van der Waals surface area contributed by atoms with Crippen LogP contribution in [0.25, 0.3) is 0 Å². The molecule has 182 valence electrons. The first kappa shape index (κ1) is 24.4. The third-order valence-corrected chi connectivity index (χ3v) is 7.89. The molecule has 3 aromatic carbocycles. The molecule has 1 heterocycles. The minimum atomic E-state index is -3.97. The number of sulfonamides is 1. The Labute approximate surface area is 203 Å². The summed E-state index contributed by atoms with van der Waals surface area (Å²) < 4.78 is 32.5. The average Bonchev–Trinajstić information content (AvgIpc) is 2.89. The van der Waals surface area contributed by atoms with Gasteiger partial charge in [-0.25, -0.2) is 8.42 Å². The molecule has 0 aliphatic carbocycles. The van der Waals surface area contributed by atoms with Crippen molar-refractivity contribution in [1.82, 2.24) is 9.21 Å². The fraction of sp³-hybridized carbons (Fsp3) is 0.240. The fourth-order valence-electron chi connectivity index (χ4n) is 4.12. The quantitative estimate of drug-likeness (QED) is 0.367. The third-order valence-electron chi connectivity index (χ3n) is 6.00. The van der Waals surface area contributed by atoms with Gasteiger partial charge < -0.3 is 9.64 Å². The minimum absolute atomic E-state index is 0.0152. The monoisotopic (exact) mass is 495 g/mol. The van der Waals surface area contributed by atoms with Gasteiger partial charge in [-0.15, -0.1) is 0 Å². The first-order chi connectivity index (χ1) is 16.8. The van der Waals surface area contributed by atoms with Crippen LogP contribution in [0.15, 0.2) is 77.7 Å². The molecule has 0 saturated carbocycles. The van der Waals surface area contributed by atoms with E-state index in [1.165, 1.54) is 23.5 Å². The van der Waals surface area contributed by atoms with Crippen molar-refractivity contribution < 1.29 is 22.9 Å². The van der Waals surface area contributed by atoms with Gasteiger partial charge in [0.1, 0.15) is 0 Å². The molecule has 1 amide bonds. The molecule has 9 nitrogen and oxygen atoms in total. The van der Waals surface area contributed by atoms with Gasteiger partial charge in [0.2, 0.25) is 10.0 Å². The first-order valence-electron chi connectivity index (χ1n) is 11.0. The summed E-state index contributed by atoms with van der Waals surface area (Å²) in [5, 5.41) is 11.3. The third kappa shape index (κ3) is 5.18. The Morgan fingerprint density at radius 2 is 1.63 bits per heavy atom. The van der Waals surface area contributed by atoms with Gasteiger partial charge in [-0.2, -0.15) is 4.31 Å². The van der Waals surface area contributed by atoms with Crippen LogP contribution in [0.5, 0.6) is 5.75 Å². The van der Waals surface area contributed by atoms with Crippen molar-refractivity contribution in [2.24, 2.45) is 0 Å². The Kier molecular flexibility index (Phi) is 7.13. The number of piperazine rings is 1. The summed E-state index contributed by atoms with van der Waals surface area (Å²) >= 11 is 0. The van der Waals surface area contributed by atoms with E-state index in [-0.39, 0.29) is 42.7 Å². The van der Waals surface area contributed by atoms with Crippen molar-refractivity contribution in [3.63, 3.8) is 0 Å². The summed E-state index contributed by atoms with van der Waals surface area (Å²) in [6, 6.07) is 20.9. The lowest BCUT2D eigenvalue weighted by Gasteiger charge is -2.34. The lowest BCUT2D eigenvalue weighted by Crippen LogP contribution is -2.50. The minimum Gasteiger partial charge on any atom is -0.490 e. The van der Waals surface area contributed by atoms with Gasteiger partial charge in [0, 0.05) is 37.8 Å². The predicted molar refractivity (Wildman–Crippen MR) is 130 cm³/mol. The Hall–Kier alpha value is -3.76. The van der Waals surface area contributed by atoms with Gasteiger partial charge in [-0.05, 0) is 35.7 Å². The van der Waals surface area contributed by atoms with Gasteiger partial charge in [-0.3, -0.25) is 14.9 Å². The van der Waals surface area contributed by atoms with Crippen LogP contribution in [0.3, 0.4) is 0 Å². The van der Waals surface area contributed by atoms with E-state index in [1.54, 1.807) is 11.0 Å². The maximum absolute atomic E-state index is 13.3. The summed E-state index contributed by atoms with van der Waals surface area (Å²) in [7, 11) is -2.69. The molecule has 0 unspecified atom stereocenters. The van der Waals surface area contributed by atoms with E-state index in [2.05, 4.69) is 0 Å². The van der Waals surface area contributed by atoms with Crippen LogP contribution in [0.1, 0.15) is 21.5 Å². The molecule has 0 N–H and O–H groups in total. The van der Waals surface area contributed by atoms with Crippen LogP contribution in [0.2, 0.25) is 0 Å². The molecule has 4 rings (SSSR count). The van der Waals surface area contributed by atoms with Crippen molar-refractivity contribution in [3.8, 4) is 5.75 Å². The van der Waals surface area contributed by atoms with Gasteiger partial charge in [0.15, 0.2) is 5.75 Å². The van der Waals surface area contributed by atoms with E-state index in [4.69, 9.17) is 4.74 Å². The molecule has 35 heavy (non-hydrogen) atoms. The standard InChI is InChI=1S/C25H25N3O6S/c1-34-24-12-11-21(18-23(24)28(30)31)35(32,33)27-15-13-26(14-16-27)25(29)22-10-6-5-9-20(22)17-19-7-3-2-4-8-19/h2-12,18H,13-17H2,1H3. The Bertz CT molecular complexity index is 1340. The van der Waals surface area contributed by atoms with E-state index < -0.39 is 20.6 Å². The Morgan fingerprint density at radius 3 is 2.29 bits per heavy atom. The number of carbonyl (C=O) groups is 1. The van der Waals surface area contributed by atoms with Crippen molar-refractivity contribution >= 4 is 21.6 Å².